The highest BCUT2D eigenvalue weighted by Gasteiger charge is 2.38. The van der Waals surface area contributed by atoms with Gasteiger partial charge in [0.15, 0.2) is 0 Å². The average Bonchev–Trinajstić information content (AvgIpc) is 3.13. The molecule has 16 heteroatoms. The molecule has 0 fully saturated rings. The molecule has 10 nitrogen and oxygen atoms in total. The van der Waals surface area contributed by atoms with Crippen LogP contribution in [0.4, 0.5) is 32.0 Å². The number of nitrogens with one attached hydrogen (secondary N) is 2. The SMILES string of the molecule is CC.CC.CC[C@@H](Nc1cc(C)c(C(=O)N[C@@H](Cc2ccc(-c3c(C(C)(F)F)cc(C)n(C)c3=O)c3ncccc23)C(=O)OC(C)OC(C)=O)c(F)c1)C(F)(F)F. The van der Waals surface area contributed by atoms with Crippen molar-refractivity contribution in [3.63, 3.8) is 0 Å². The lowest BCUT2D eigenvalue weighted by Crippen LogP contribution is -2.45. The van der Waals surface area contributed by atoms with Crippen molar-refractivity contribution in [1.29, 1.82) is 0 Å². The molecule has 0 aliphatic heterocycles. The van der Waals surface area contributed by atoms with Crippen molar-refractivity contribution in [3.05, 3.63) is 92.8 Å². The minimum atomic E-state index is -4.62. The molecule has 2 aromatic carbocycles. The Labute approximate surface area is 328 Å². The van der Waals surface area contributed by atoms with Crippen LogP contribution in [0.1, 0.15) is 94.6 Å². The van der Waals surface area contributed by atoms with E-state index in [9.17, 15) is 41.1 Å². The van der Waals surface area contributed by atoms with E-state index in [4.69, 9.17) is 9.47 Å². The van der Waals surface area contributed by atoms with Crippen LogP contribution >= 0.6 is 0 Å². The van der Waals surface area contributed by atoms with Gasteiger partial charge in [-0.15, -0.1) is 0 Å². The van der Waals surface area contributed by atoms with E-state index >= 15 is 4.39 Å². The molecule has 0 spiro atoms. The Morgan fingerprint density at radius 2 is 1.60 bits per heavy atom. The smallest absolute Gasteiger partial charge is 0.408 e. The molecular weight excluding hydrogens is 758 g/mol. The number of rotatable bonds is 12. The van der Waals surface area contributed by atoms with Crippen LogP contribution in [0, 0.1) is 19.7 Å². The molecular formula is C41H50F6N4O6. The normalized spacial score (nSPS) is 12.9. The number of fused-ring (bicyclic) bond motifs is 1. The lowest BCUT2D eigenvalue weighted by Gasteiger charge is -2.23. The number of hydrogen-bond donors (Lipinski definition) is 2. The Bertz CT molecular complexity index is 2090. The number of alkyl halides is 5. The topological polar surface area (TPSA) is 129 Å². The minimum Gasteiger partial charge on any atom is -0.426 e. The largest absolute Gasteiger partial charge is 0.426 e. The van der Waals surface area contributed by atoms with Crippen LogP contribution in [0.5, 0.6) is 0 Å². The highest BCUT2D eigenvalue weighted by atomic mass is 19.4. The van der Waals surface area contributed by atoms with E-state index in [0.29, 0.717) is 23.6 Å². The van der Waals surface area contributed by atoms with E-state index in [-0.39, 0.29) is 40.7 Å². The minimum absolute atomic E-state index is 0.0513. The van der Waals surface area contributed by atoms with E-state index in [1.54, 1.807) is 6.07 Å². The number of aromatic nitrogens is 2. The van der Waals surface area contributed by atoms with Gasteiger partial charge in [-0.3, -0.25) is 19.4 Å². The fraction of sp³-hybridized carbons (Fsp3) is 0.439. The summed E-state index contributed by atoms with van der Waals surface area (Å²) in [7, 11) is 1.44. The first-order chi connectivity index (χ1) is 26.6. The maximum atomic E-state index is 15.4. The second-order valence-electron chi connectivity index (χ2n) is 12.6. The number of ether oxygens (including phenoxy) is 2. The van der Waals surface area contributed by atoms with Crippen molar-refractivity contribution in [3.8, 4) is 11.1 Å². The fourth-order valence-electron chi connectivity index (χ4n) is 5.92. The molecule has 0 aliphatic carbocycles. The summed E-state index contributed by atoms with van der Waals surface area (Å²) in [5.74, 6) is -7.60. The Morgan fingerprint density at radius 1 is 0.965 bits per heavy atom. The maximum absolute atomic E-state index is 15.4. The molecule has 2 heterocycles. The summed E-state index contributed by atoms with van der Waals surface area (Å²) in [5.41, 5.74) is -1.52. The molecule has 3 atom stereocenters. The van der Waals surface area contributed by atoms with Gasteiger partial charge in [-0.05, 0) is 55.7 Å². The molecule has 0 saturated heterocycles. The van der Waals surface area contributed by atoms with Gasteiger partial charge < -0.3 is 24.7 Å². The van der Waals surface area contributed by atoms with E-state index in [1.807, 2.05) is 27.7 Å². The molecule has 4 aromatic rings. The maximum Gasteiger partial charge on any atom is 0.408 e. The van der Waals surface area contributed by atoms with Gasteiger partial charge in [0, 0.05) is 68.3 Å². The van der Waals surface area contributed by atoms with Crippen molar-refractivity contribution in [2.75, 3.05) is 5.32 Å². The molecule has 4 rings (SSSR count). The van der Waals surface area contributed by atoms with Crippen LogP contribution in [0.15, 0.2) is 53.5 Å². The molecule has 0 bridgehead atoms. The third kappa shape index (κ3) is 11.8. The molecule has 0 radical (unpaired) electrons. The summed E-state index contributed by atoms with van der Waals surface area (Å²) in [6.07, 6.45) is -5.35. The number of anilines is 1. The van der Waals surface area contributed by atoms with Gasteiger partial charge >= 0.3 is 18.1 Å². The Morgan fingerprint density at radius 3 is 2.14 bits per heavy atom. The molecule has 2 aromatic heterocycles. The number of amides is 1. The number of esters is 2. The monoisotopic (exact) mass is 808 g/mol. The van der Waals surface area contributed by atoms with E-state index in [0.717, 1.165) is 19.1 Å². The number of carbonyl (C=O) groups is 3. The average molecular weight is 809 g/mol. The zero-order valence-electron chi connectivity index (χ0n) is 33.9. The summed E-state index contributed by atoms with van der Waals surface area (Å²) >= 11 is 0. The predicted octanol–water partition coefficient (Wildman–Crippen LogP) is 9.07. The third-order valence-corrected chi connectivity index (χ3v) is 8.56. The van der Waals surface area contributed by atoms with Gasteiger partial charge in [0.1, 0.15) is 17.9 Å². The standard InChI is InChI=1S/C37H38F6N4O6.2C2H6/c1-8-29(37(41,42)43)45-23-14-18(2)30(27(38)17-23)33(49)46-28(35(51)53-21(5)52-20(4)48)16-22-11-12-25(32-24(22)10-9-13-44-32)31-26(36(6,39)40)15-19(3)47(7)34(31)50;2*1-2/h9-15,17,21,28-29,45H,8,16H2,1-7H3,(H,46,49);2*1-2H3/t21?,28-,29+;;/m0../s1. The van der Waals surface area contributed by atoms with Gasteiger partial charge in [-0.2, -0.15) is 13.2 Å². The number of aryl methyl sites for hydroxylation is 2. The van der Waals surface area contributed by atoms with Crippen LogP contribution in [-0.4, -0.2) is 51.9 Å². The van der Waals surface area contributed by atoms with E-state index < -0.39 is 70.8 Å². The summed E-state index contributed by atoms with van der Waals surface area (Å²) in [4.78, 5) is 56.4. The number of benzene rings is 2. The number of nitrogens with zero attached hydrogens (tertiary/aromatic N) is 2. The molecule has 0 aliphatic rings. The van der Waals surface area contributed by atoms with Gasteiger partial charge in [0.25, 0.3) is 17.4 Å². The van der Waals surface area contributed by atoms with Crippen molar-refractivity contribution >= 4 is 34.4 Å². The van der Waals surface area contributed by atoms with Crippen LogP contribution < -0.4 is 16.2 Å². The van der Waals surface area contributed by atoms with Crippen LogP contribution in [0.3, 0.4) is 0 Å². The highest BCUT2D eigenvalue weighted by Crippen LogP contribution is 2.37. The van der Waals surface area contributed by atoms with E-state index in [1.165, 1.54) is 69.8 Å². The fourth-order valence-corrected chi connectivity index (χ4v) is 5.92. The lowest BCUT2D eigenvalue weighted by molar-refractivity contribution is -0.184. The Balaban J connectivity index is 0.00000271. The second-order valence-corrected chi connectivity index (χ2v) is 12.6. The first-order valence-electron chi connectivity index (χ1n) is 18.4. The zero-order valence-corrected chi connectivity index (χ0v) is 33.9. The van der Waals surface area contributed by atoms with Crippen LogP contribution in [-0.2, 0) is 38.5 Å². The molecule has 0 saturated carbocycles. The zero-order chi connectivity index (χ0) is 43.6. The molecule has 1 amide bonds. The van der Waals surface area contributed by atoms with Gasteiger partial charge in [0.05, 0.1) is 16.6 Å². The van der Waals surface area contributed by atoms with Gasteiger partial charge in [0.2, 0.25) is 6.29 Å². The highest BCUT2D eigenvalue weighted by molar-refractivity contribution is 6.00. The molecule has 57 heavy (non-hydrogen) atoms. The van der Waals surface area contributed by atoms with Crippen molar-refractivity contribution in [1.82, 2.24) is 14.9 Å². The van der Waals surface area contributed by atoms with Crippen molar-refractivity contribution < 1.29 is 50.2 Å². The van der Waals surface area contributed by atoms with Crippen LogP contribution in [0.25, 0.3) is 22.0 Å². The molecule has 312 valence electrons. The quantitative estimate of drug-likeness (QED) is 0.0825. The lowest BCUT2D eigenvalue weighted by atomic mass is 9.91. The predicted molar refractivity (Wildman–Crippen MR) is 207 cm³/mol. The second kappa shape index (κ2) is 20.1. The summed E-state index contributed by atoms with van der Waals surface area (Å²) in [6.45, 7) is 15.1. The number of carbonyl (C=O) groups excluding carboxylic acids is 3. The van der Waals surface area contributed by atoms with Gasteiger partial charge in [-0.25, -0.2) is 18.0 Å². The van der Waals surface area contributed by atoms with Crippen LogP contribution in [0.2, 0.25) is 0 Å². The molecule has 2 N–H and O–H groups in total. The number of hydrogen-bond acceptors (Lipinski definition) is 8. The molecule has 1 unspecified atom stereocenters. The number of halogens is 6. The Hall–Kier alpha value is -5.41. The van der Waals surface area contributed by atoms with Crippen molar-refractivity contribution in [2.24, 2.45) is 7.05 Å². The van der Waals surface area contributed by atoms with E-state index in [2.05, 4.69) is 15.6 Å². The third-order valence-electron chi connectivity index (χ3n) is 8.56. The number of pyridine rings is 2. The summed E-state index contributed by atoms with van der Waals surface area (Å²) in [6, 6.07) is 5.47. The Kier molecular flexibility index (Phi) is 16.9. The summed E-state index contributed by atoms with van der Waals surface area (Å²) in [5, 5.41) is 4.94. The first kappa shape index (κ1) is 47.7. The summed E-state index contributed by atoms with van der Waals surface area (Å²) < 4.78 is 96.6. The van der Waals surface area contributed by atoms with Crippen molar-refractivity contribution in [2.45, 2.75) is 113 Å². The first-order valence-corrected chi connectivity index (χ1v) is 18.4. The van der Waals surface area contributed by atoms with Gasteiger partial charge in [-0.1, -0.05) is 52.8 Å².